The number of rotatable bonds is 5. The van der Waals surface area contributed by atoms with Gasteiger partial charge in [0.25, 0.3) is 0 Å². The van der Waals surface area contributed by atoms with Crippen molar-refractivity contribution in [3.63, 3.8) is 0 Å². The SMILES string of the molecule is CN(C)S(=O)(=O)c1ccc2c(c1)CCCN2C(=O)CSc1ncccn1. The van der Waals surface area contributed by atoms with Gasteiger partial charge in [-0.1, -0.05) is 11.8 Å². The van der Waals surface area contributed by atoms with Gasteiger partial charge in [0.2, 0.25) is 15.9 Å². The second-order valence-electron chi connectivity index (χ2n) is 6.05. The predicted octanol–water partition coefficient (Wildman–Crippen LogP) is 1.80. The molecule has 0 fully saturated rings. The maximum absolute atomic E-state index is 12.6. The Morgan fingerprint density at radius 1 is 1.27 bits per heavy atom. The number of aromatic nitrogens is 2. The van der Waals surface area contributed by atoms with Crippen molar-refractivity contribution in [3.8, 4) is 0 Å². The van der Waals surface area contributed by atoms with Crippen LogP contribution in [0.25, 0.3) is 0 Å². The van der Waals surface area contributed by atoms with E-state index in [1.54, 1.807) is 41.6 Å². The molecule has 138 valence electrons. The Hall–Kier alpha value is -1.97. The number of benzene rings is 1. The van der Waals surface area contributed by atoms with E-state index < -0.39 is 10.0 Å². The van der Waals surface area contributed by atoms with Crippen LogP contribution in [-0.2, 0) is 21.2 Å². The van der Waals surface area contributed by atoms with Crippen molar-refractivity contribution in [3.05, 3.63) is 42.2 Å². The Bertz CT molecular complexity index is 901. The summed E-state index contributed by atoms with van der Waals surface area (Å²) in [5, 5.41) is 0.561. The molecule has 9 heteroatoms. The van der Waals surface area contributed by atoms with Gasteiger partial charge in [0, 0.05) is 38.7 Å². The van der Waals surface area contributed by atoms with Crippen LogP contribution in [0.15, 0.2) is 46.7 Å². The molecular weight excluding hydrogens is 372 g/mol. The minimum atomic E-state index is -3.49. The molecule has 3 rings (SSSR count). The van der Waals surface area contributed by atoms with E-state index in [0.29, 0.717) is 11.7 Å². The molecule has 0 radical (unpaired) electrons. The number of hydrogen-bond acceptors (Lipinski definition) is 6. The Morgan fingerprint density at radius 2 is 2.00 bits per heavy atom. The zero-order valence-corrected chi connectivity index (χ0v) is 16.3. The minimum absolute atomic E-state index is 0.0355. The van der Waals surface area contributed by atoms with Crippen LogP contribution in [-0.4, -0.2) is 55.0 Å². The fourth-order valence-corrected chi connectivity index (χ4v) is 4.40. The maximum atomic E-state index is 12.6. The molecule has 0 saturated heterocycles. The second-order valence-corrected chi connectivity index (χ2v) is 9.14. The maximum Gasteiger partial charge on any atom is 0.242 e. The van der Waals surface area contributed by atoms with Gasteiger partial charge in [0.1, 0.15) is 0 Å². The lowest BCUT2D eigenvalue weighted by Crippen LogP contribution is -2.37. The molecule has 7 nitrogen and oxygen atoms in total. The Labute approximate surface area is 157 Å². The number of carbonyl (C=O) groups is 1. The Morgan fingerprint density at radius 3 is 2.69 bits per heavy atom. The molecular formula is C17H20N4O3S2. The number of aryl methyl sites for hydroxylation is 1. The van der Waals surface area contributed by atoms with Crippen molar-refractivity contribution in [1.29, 1.82) is 0 Å². The lowest BCUT2D eigenvalue weighted by molar-refractivity contribution is -0.116. The van der Waals surface area contributed by atoms with Gasteiger partial charge in [0.15, 0.2) is 5.16 Å². The smallest absolute Gasteiger partial charge is 0.242 e. The molecule has 1 aliphatic heterocycles. The first-order valence-electron chi connectivity index (χ1n) is 8.15. The summed E-state index contributed by atoms with van der Waals surface area (Å²) < 4.78 is 25.8. The number of carbonyl (C=O) groups excluding carboxylic acids is 1. The van der Waals surface area contributed by atoms with Crippen LogP contribution in [0, 0.1) is 0 Å². The standard InChI is InChI=1S/C17H20N4O3S2/c1-20(2)26(23,24)14-6-7-15-13(11-14)5-3-10-21(15)16(22)12-25-17-18-8-4-9-19-17/h4,6-9,11H,3,5,10,12H2,1-2H3. The number of thioether (sulfide) groups is 1. The second kappa shape index (κ2) is 7.73. The average Bonchev–Trinajstić information content (AvgIpc) is 2.65. The summed E-state index contributed by atoms with van der Waals surface area (Å²) in [5.74, 6) is 0.202. The number of amides is 1. The molecule has 2 aromatic rings. The van der Waals surface area contributed by atoms with Crippen LogP contribution >= 0.6 is 11.8 Å². The summed E-state index contributed by atoms with van der Waals surface area (Å²) in [7, 11) is -0.470. The van der Waals surface area contributed by atoms with Gasteiger partial charge >= 0.3 is 0 Å². The van der Waals surface area contributed by atoms with Crippen LogP contribution in [0.3, 0.4) is 0 Å². The highest BCUT2D eigenvalue weighted by Gasteiger charge is 2.25. The summed E-state index contributed by atoms with van der Waals surface area (Å²) >= 11 is 1.29. The lowest BCUT2D eigenvalue weighted by atomic mass is 10.0. The van der Waals surface area contributed by atoms with Gasteiger partial charge < -0.3 is 4.90 Å². The van der Waals surface area contributed by atoms with Crippen LogP contribution < -0.4 is 4.90 Å². The van der Waals surface area contributed by atoms with Crippen molar-refractivity contribution in [1.82, 2.24) is 14.3 Å². The minimum Gasteiger partial charge on any atom is -0.311 e. The molecule has 0 atom stereocenters. The third kappa shape index (κ3) is 3.89. The predicted molar refractivity (Wildman–Crippen MR) is 101 cm³/mol. The van der Waals surface area contributed by atoms with Gasteiger partial charge in [-0.3, -0.25) is 4.79 Å². The van der Waals surface area contributed by atoms with Crippen LogP contribution in [0.2, 0.25) is 0 Å². The van der Waals surface area contributed by atoms with Crippen molar-refractivity contribution in [2.45, 2.75) is 22.9 Å². The van der Waals surface area contributed by atoms with Gasteiger partial charge in [-0.05, 0) is 42.7 Å². The van der Waals surface area contributed by atoms with Gasteiger partial charge in [-0.25, -0.2) is 22.7 Å². The number of hydrogen-bond donors (Lipinski definition) is 0. The summed E-state index contributed by atoms with van der Waals surface area (Å²) in [6, 6.07) is 6.70. The van der Waals surface area contributed by atoms with E-state index in [2.05, 4.69) is 9.97 Å². The van der Waals surface area contributed by atoms with E-state index in [1.807, 2.05) is 0 Å². The monoisotopic (exact) mass is 392 g/mol. The lowest BCUT2D eigenvalue weighted by Gasteiger charge is -2.30. The fourth-order valence-electron chi connectivity index (χ4n) is 2.77. The van der Waals surface area contributed by atoms with E-state index >= 15 is 0 Å². The van der Waals surface area contributed by atoms with Crippen molar-refractivity contribution < 1.29 is 13.2 Å². The molecule has 1 amide bonds. The van der Waals surface area contributed by atoms with Gasteiger partial charge in [-0.15, -0.1) is 0 Å². The molecule has 1 aromatic carbocycles. The first-order chi connectivity index (χ1) is 12.4. The van der Waals surface area contributed by atoms with Crippen molar-refractivity contribution >= 4 is 33.4 Å². The first kappa shape index (κ1) is 18.8. The number of anilines is 1. The zero-order valence-electron chi connectivity index (χ0n) is 14.6. The highest BCUT2D eigenvalue weighted by atomic mass is 32.2. The summed E-state index contributed by atoms with van der Waals surface area (Å²) in [4.78, 5) is 22.8. The van der Waals surface area contributed by atoms with E-state index in [-0.39, 0.29) is 16.6 Å². The number of sulfonamides is 1. The molecule has 0 aliphatic carbocycles. The van der Waals surface area contributed by atoms with E-state index in [4.69, 9.17) is 0 Å². The molecule has 0 N–H and O–H groups in total. The molecule has 2 heterocycles. The molecule has 0 bridgehead atoms. The summed E-state index contributed by atoms with van der Waals surface area (Å²) in [5.41, 5.74) is 1.67. The quantitative estimate of drug-likeness (QED) is 0.570. The third-order valence-electron chi connectivity index (χ3n) is 4.12. The molecule has 0 unspecified atom stereocenters. The first-order valence-corrected chi connectivity index (χ1v) is 10.6. The van der Waals surface area contributed by atoms with E-state index in [0.717, 1.165) is 24.1 Å². The number of fused-ring (bicyclic) bond motifs is 1. The summed E-state index contributed by atoms with van der Waals surface area (Å²) in [6.07, 6.45) is 4.84. The van der Waals surface area contributed by atoms with Crippen LogP contribution in [0.4, 0.5) is 5.69 Å². The van der Waals surface area contributed by atoms with Crippen molar-refractivity contribution in [2.75, 3.05) is 31.3 Å². The van der Waals surface area contributed by atoms with Crippen LogP contribution in [0.1, 0.15) is 12.0 Å². The highest BCUT2D eigenvalue weighted by molar-refractivity contribution is 7.99. The van der Waals surface area contributed by atoms with E-state index in [9.17, 15) is 13.2 Å². The Kier molecular flexibility index (Phi) is 5.59. The molecule has 0 spiro atoms. The molecule has 0 saturated carbocycles. The van der Waals surface area contributed by atoms with E-state index in [1.165, 1.54) is 30.2 Å². The third-order valence-corrected chi connectivity index (χ3v) is 6.79. The molecule has 26 heavy (non-hydrogen) atoms. The topological polar surface area (TPSA) is 83.5 Å². The molecule has 1 aliphatic rings. The number of nitrogens with zero attached hydrogens (tertiary/aromatic N) is 4. The normalized spacial score (nSPS) is 14.3. The zero-order chi connectivity index (χ0) is 18.7. The Balaban J connectivity index is 1.79. The highest BCUT2D eigenvalue weighted by Crippen LogP contribution is 2.30. The fraction of sp³-hybridized carbons (Fsp3) is 0.353. The van der Waals surface area contributed by atoms with Crippen LogP contribution in [0.5, 0.6) is 0 Å². The average molecular weight is 393 g/mol. The van der Waals surface area contributed by atoms with Gasteiger partial charge in [0.05, 0.1) is 10.6 Å². The summed E-state index contributed by atoms with van der Waals surface area (Å²) in [6.45, 7) is 0.627. The van der Waals surface area contributed by atoms with Crippen molar-refractivity contribution in [2.24, 2.45) is 0 Å². The molecule has 1 aromatic heterocycles. The largest absolute Gasteiger partial charge is 0.311 e. The van der Waals surface area contributed by atoms with Gasteiger partial charge in [-0.2, -0.15) is 0 Å².